The molecule has 0 fully saturated rings. The third kappa shape index (κ3) is 75.0. The molecule has 0 aliphatic carbocycles. The van der Waals surface area contributed by atoms with Crippen LogP contribution in [0.2, 0.25) is 0 Å². The highest BCUT2D eigenvalue weighted by Gasteiger charge is 1.95. The van der Waals surface area contributed by atoms with E-state index in [0.29, 0.717) is 5.41 Å². The standard InChI is InChI=1S/C6H14.C5H12.C2H6/c1-4-6(3)5-2;1-5(2,3)4;1-2/h6H,4-5H2,1-3H3;1-4H3;1-2H3. The van der Waals surface area contributed by atoms with E-state index in [0.717, 1.165) is 5.92 Å². The second-order valence-corrected chi connectivity index (χ2v) is 4.92. The van der Waals surface area contributed by atoms with Crippen LogP contribution in [0.25, 0.3) is 0 Å². The summed E-state index contributed by atoms with van der Waals surface area (Å²) in [7, 11) is 0. The van der Waals surface area contributed by atoms with E-state index in [-0.39, 0.29) is 0 Å². The summed E-state index contributed by atoms with van der Waals surface area (Å²) >= 11 is 0. The lowest BCUT2D eigenvalue weighted by Gasteiger charge is -2.05. The molecule has 0 amide bonds. The summed E-state index contributed by atoms with van der Waals surface area (Å²) in [4.78, 5) is 0. The highest BCUT2D eigenvalue weighted by atomic mass is 14.0. The van der Waals surface area contributed by atoms with Crippen LogP contribution in [0.3, 0.4) is 0 Å². The fourth-order valence-corrected chi connectivity index (χ4v) is 0.289. The summed E-state index contributed by atoms with van der Waals surface area (Å²) in [5.41, 5.74) is 0.500. The minimum absolute atomic E-state index is 0.500. The zero-order chi connectivity index (χ0) is 11.5. The SMILES string of the molecule is CC.CC(C)(C)C.CCC(C)CC. The van der Waals surface area contributed by atoms with Crippen molar-refractivity contribution in [2.24, 2.45) is 11.3 Å². The van der Waals surface area contributed by atoms with Gasteiger partial charge in [0.05, 0.1) is 0 Å². The first kappa shape index (κ1) is 18.7. The van der Waals surface area contributed by atoms with Gasteiger partial charge in [0.25, 0.3) is 0 Å². The summed E-state index contributed by atoms with van der Waals surface area (Å²) in [6, 6.07) is 0. The molecule has 0 aliphatic rings. The average molecular weight is 188 g/mol. The summed E-state index contributed by atoms with van der Waals surface area (Å²) in [6.07, 6.45) is 2.66. The van der Waals surface area contributed by atoms with Gasteiger partial charge in [-0.25, -0.2) is 0 Å². The van der Waals surface area contributed by atoms with Gasteiger partial charge in [0, 0.05) is 0 Å². The van der Waals surface area contributed by atoms with Gasteiger partial charge >= 0.3 is 0 Å². The third-order valence-electron chi connectivity index (χ3n) is 1.39. The molecule has 0 aromatic rings. The lowest BCUT2D eigenvalue weighted by molar-refractivity contribution is 0.469. The fraction of sp³-hybridized carbons (Fsp3) is 1.00. The maximum Gasteiger partial charge on any atom is -0.0411 e. The van der Waals surface area contributed by atoms with Gasteiger partial charge in [-0.3, -0.25) is 0 Å². The Morgan fingerprint density at radius 3 is 1.00 bits per heavy atom. The van der Waals surface area contributed by atoms with Gasteiger partial charge in [0.15, 0.2) is 0 Å². The van der Waals surface area contributed by atoms with Crippen molar-refractivity contribution in [2.75, 3.05) is 0 Å². The molecule has 0 saturated carbocycles. The molecule has 0 rings (SSSR count). The zero-order valence-corrected chi connectivity index (χ0v) is 11.5. The largest absolute Gasteiger partial charge is 0.0683 e. The Bertz CT molecular complexity index is 56.6. The monoisotopic (exact) mass is 188 g/mol. The second-order valence-electron chi connectivity index (χ2n) is 4.92. The topological polar surface area (TPSA) is 0 Å². The minimum atomic E-state index is 0.500. The molecule has 0 aromatic heterocycles. The van der Waals surface area contributed by atoms with Crippen molar-refractivity contribution in [3.63, 3.8) is 0 Å². The van der Waals surface area contributed by atoms with Gasteiger partial charge in [0.2, 0.25) is 0 Å². The Kier molecular flexibility index (Phi) is 17.3. The van der Waals surface area contributed by atoms with Crippen molar-refractivity contribution in [3.8, 4) is 0 Å². The molecule has 84 valence electrons. The summed E-state index contributed by atoms with van der Waals surface area (Å²) in [6.45, 7) is 19.5. The van der Waals surface area contributed by atoms with Crippen LogP contribution < -0.4 is 0 Å². The first-order valence-corrected chi connectivity index (χ1v) is 5.81. The molecule has 0 bridgehead atoms. The number of hydrogen-bond acceptors (Lipinski definition) is 0. The Morgan fingerprint density at radius 2 is 1.00 bits per heavy atom. The molecule has 0 saturated heterocycles. The first-order chi connectivity index (χ1) is 5.81. The van der Waals surface area contributed by atoms with E-state index in [1.807, 2.05) is 13.8 Å². The van der Waals surface area contributed by atoms with Crippen molar-refractivity contribution >= 4 is 0 Å². The Balaban J connectivity index is -0.000000131. The van der Waals surface area contributed by atoms with Crippen LogP contribution in [-0.4, -0.2) is 0 Å². The van der Waals surface area contributed by atoms with Gasteiger partial charge < -0.3 is 0 Å². The number of hydrogen-bond donors (Lipinski definition) is 0. The van der Waals surface area contributed by atoms with Crippen LogP contribution in [-0.2, 0) is 0 Å². The van der Waals surface area contributed by atoms with E-state index < -0.39 is 0 Å². The predicted molar refractivity (Wildman–Crippen MR) is 66.2 cm³/mol. The van der Waals surface area contributed by atoms with Crippen LogP contribution in [0.1, 0.15) is 75.2 Å². The molecule has 0 N–H and O–H groups in total. The molecule has 13 heavy (non-hydrogen) atoms. The normalized spacial score (nSPS) is 9.69. The average Bonchev–Trinajstić information content (AvgIpc) is 2.04. The van der Waals surface area contributed by atoms with E-state index in [9.17, 15) is 0 Å². The summed E-state index contributed by atoms with van der Waals surface area (Å²) < 4.78 is 0. The maximum atomic E-state index is 2.28. The van der Waals surface area contributed by atoms with Crippen molar-refractivity contribution in [2.45, 2.75) is 75.2 Å². The number of rotatable bonds is 2. The van der Waals surface area contributed by atoms with Gasteiger partial charge in [-0.15, -0.1) is 0 Å². The zero-order valence-electron chi connectivity index (χ0n) is 11.5. The lowest BCUT2D eigenvalue weighted by Crippen LogP contribution is -1.93. The van der Waals surface area contributed by atoms with E-state index in [1.54, 1.807) is 0 Å². The van der Waals surface area contributed by atoms with Gasteiger partial charge in [-0.2, -0.15) is 0 Å². The summed E-state index contributed by atoms with van der Waals surface area (Å²) in [5, 5.41) is 0. The van der Waals surface area contributed by atoms with Gasteiger partial charge in [-0.1, -0.05) is 75.2 Å². The van der Waals surface area contributed by atoms with E-state index >= 15 is 0 Å². The Hall–Kier alpha value is 0. The van der Waals surface area contributed by atoms with Crippen LogP contribution in [0.4, 0.5) is 0 Å². The van der Waals surface area contributed by atoms with Crippen LogP contribution in [0.15, 0.2) is 0 Å². The molecule has 0 atom stereocenters. The molecule has 0 aliphatic heterocycles. The van der Waals surface area contributed by atoms with Gasteiger partial charge in [-0.05, 0) is 11.3 Å². The van der Waals surface area contributed by atoms with E-state index in [1.165, 1.54) is 12.8 Å². The Morgan fingerprint density at radius 1 is 0.846 bits per heavy atom. The first-order valence-electron chi connectivity index (χ1n) is 5.81. The summed E-state index contributed by atoms with van der Waals surface area (Å²) in [5.74, 6) is 0.935. The van der Waals surface area contributed by atoms with E-state index in [2.05, 4.69) is 48.5 Å². The third-order valence-corrected chi connectivity index (χ3v) is 1.39. The van der Waals surface area contributed by atoms with Crippen LogP contribution in [0, 0.1) is 11.3 Å². The molecule has 0 aromatic carbocycles. The molecule has 0 heterocycles. The molecular weight excluding hydrogens is 156 g/mol. The molecule has 0 nitrogen and oxygen atoms in total. The predicted octanol–water partition coefficient (Wildman–Crippen LogP) is 5.52. The highest BCUT2D eigenvalue weighted by Crippen LogP contribution is 2.08. The smallest absolute Gasteiger partial charge is 0.0411 e. The van der Waals surface area contributed by atoms with Crippen LogP contribution in [0.5, 0.6) is 0 Å². The molecule has 0 heteroatoms. The quantitative estimate of drug-likeness (QED) is 0.535. The molecule has 0 radical (unpaired) electrons. The maximum absolute atomic E-state index is 2.28. The van der Waals surface area contributed by atoms with E-state index in [4.69, 9.17) is 0 Å². The second kappa shape index (κ2) is 12.0. The minimum Gasteiger partial charge on any atom is -0.0683 e. The molecular formula is C13H32. The van der Waals surface area contributed by atoms with Crippen molar-refractivity contribution in [1.29, 1.82) is 0 Å². The highest BCUT2D eigenvalue weighted by molar-refractivity contribution is 4.47. The lowest BCUT2D eigenvalue weighted by atomic mass is 10.0. The fourth-order valence-electron chi connectivity index (χ4n) is 0.289. The van der Waals surface area contributed by atoms with Crippen molar-refractivity contribution < 1.29 is 0 Å². The van der Waals surface area contributed by atoms with Crippen LogP contribution >= 0.6 is 0 Å². The molecule has 0 spiro atoms. The van der Waals surface area contributed by atoms with Crippen molar-refractivity contribution in [3.05, 3.63) is 0 Å². The Labute approximate surface area is 87.1 Å². The van der Waals surface area contributed by atoms with Crippen molar-refractivity contribution in [1.82, 2.24) is 0 Å². The van der Waals surface area contributed by atoms with Gasteiger partial charge in [0.1, 0.15) is 0 Å². The molecule has 0 unspecified atom stereocenters.